The van der Waals surface area contributed by atoms with E-state index < -0.39 is 252 Å². The molecule has 6 aliphatic heterocycles. The molecule has 101 heavy (non-hydrogen) atoms. The summed E-state index contributed by atoms with van der Waals surface area (Å²) in [6.45, 7) is 4.63. The van der Waals surface area contributed by atoms with Gasteiger partial charge in [0.25, 0.3) is 0 Å². The first-order valence-corrected chi connectivity index (χ1v) is 34.9. The third kappa shape index (κ3) is 24.1. The highest BCUT2D eigenvalue weighted by Gasteiger charge is 2.58. The first kappa shape index (κ1) is 85.5. The minimum absolute atomic E-state index is 0.00347. The van der Waals surface area contributed by atoms with Crippen LogP contribution in [0.4, 0.5) is 0 Å². The second-order valence-corrected chi connectivity index (χ2v) is 26.5. The van der Waals surface area contributed by atoms with Gasteiger partial charge in [-0.05, 0) is 39.0 Å². The van der Waals surface area contributed by atoms with Gasteiger partial charge in [-0.3, -0.25) is 28.8 Å². The van der Waals surface area contributed by atoms with Crippen molar-refractivity contribution < 1.29 is 152 Å². The number of methoxy groups -OCH3 is 1. The Morgan fingerprint density at radius 3 is 1.20 bits per heavy atom. The molecule has 6 heterocycles. The average Bonchev–Trinajstić information content (AvgIpc) is 0.772. The van der Waals surface area contributed by atoms with Crippen molar-refractivity contribution in [3.8, 4) is 0 Å². The minimum atomic E-state index is -2.06. The van der Waals surface area contributed by atoms with Crippen molar-refractivity contribution in [2.45, 2.75) is 322 Å². The van der Waals surface area contributed by atoms with Crippen LogP contribution < -0.4 is 26.6 Å². The molecule has 0 bridgehead atoms. The number of nitrogens with one attached hydrogen (secondary N) is 5. The first-order valence-electron chi connectivity index (χ1n) is 34.9. The molecule has 0 radical (unpaired) electrons. The molecule has 36 heteroatoms. The number of allylic oxidation sites excluding steroid dienone is 2. The Labute approximate surface area is 586 Å². The lowest BCUT2D eigenvalue weighted by Crippen LogP contribution is -2.72. The van der Waals surface area contributed by atoms with E-state index in [0.717, 1.165) is 86.0 Å². The minimum Gasteiger partial charge on any atom is -0.463 e. The first-order chi connectivity index (χ1) is 48.1. The van der Waals surface area contributed by atoms with Crippen LogP contribution >= 0.6 is 0 Å². The van der Waals surface area contributed by atoms with Crippen LogP contribution in [0.25, 0.3) is 0 Å². The Kier molecular flexibility index (Phi) is 35.6. The fourth-order valence-corrected chi connectivity index (χ4v) is 13.2. The van der Waals surface area contributed by atoms with Crippen molar-refractivity contribution in [2.24, 2.45) is 0 Å². The van der Waals surface area contributed by atoms with Gasteiger partial charge in [0.2, 0.25) is 29.5 Å². The molecule has 0 saturated carbocycles. The number of unbranched alkanes of at least 4 members (excludes halogenated alkanes) is 11. The summed E-state index contributed by atoms with van der Waals surface area (Å²) < 4.78 is 77.4. The number of amides is 5. The summed E-state index contributed by atoms with van der Waals surface area (Å²) >= 11 is 0. The van der Waals surface area contributed by atoms with Gasteiger partial charge in [0.05, 0.1) is 32.5 Å². The molecule has 6 rings (SSSR count). The highest BCUT2D eigenvalue weighted by atomic mass is 16.8. The van der Waals surface area contributed by atoms with Gasteiger partial charge >= 0.3 is 5.97 Å². The standard InChI is InChI=1S/C65H111N5O31/c1-9-10-11-12-13-14-15-16-17-18-19-20-21-22-23-24-41(79)70-43-49(82)48(81)39(28-90-35(7)78)97-61(43)98-55-36(25-71)94-62(44(51(55)84)67-32(4)75)99-56-37(26-72)95-63(45(52(56)85)68-33(5)76)100-57-38(27-73)96-64(46(53(57)86)69-34(6)77)101-58-40(93-60(88)42(50(58)83)66-31(3)74)29-91-65-59(89-8)54(87)47(80)30(2)92-65/h14-15,30,36-40,42-65,71-73,80-88H,9-13,16-29H2,1-8H3,(H,66,74)(H,67,75)(H,68,76)(H,69,77)(H,70,79)/b15-14-/t30?,36?,37?,38?,39?,40?,42-,43-,44-,45-,46-,47+,48+,49?,50?,51?,52?,53?,54?,55+,56+,57+,58+,59+,60+,61-,62-,63-,64-,65+/m0/s1. The van der Waals surface area contributed by atoms with Crippen molar-refractivity contribution in [1.29, 1.82) is 0 Å². The van der Waals surface area contributed by atoms with Gasteiger partial charge in [-0.25, -0.2) is 0 Å². The summed E-state index contributed by atoms with van der Waals surface area (Å²) in [5, 5.41) is 149. The van der Waals surface area contributed by atoms with Gasteiger partial charge in [0, 0.05) is 48.1 Å². The van der Waals surface area contributed by atoms with E-state index in [1.54, 1.807) is 0 Å². The maximum atomic E-state index is 13.6. The van der Waals surface area contributed by atoms with E-state index in [1.165, 1.54) is 39.7 Å². The molecule has 12 unspecified atom stereocenters. The summed E-state index contributed by atoms with van der Waals surface area (Å²) in [6.07, 6.45) is -25.3. The number of aliphatic hydroxyl groups excluding tert-OH is 12. The zero-order chi connectivity index (χ0) is 74.4. The quantitative estimate of drug-likeness (QED) is 0.0157. The Bertz CT molecular complexity index is 2570. The molecule has 30 atom stereocenters. The molecule has 0 aromatic heterocycles. The van der Waals surface area contributed by atoms with E-state index in [4.69, 9.17) is 61.6 Å². The van der Waals surface area contributed by atoms with Gasteiger partial charge in [-0.2, -0.15) is 0 Å². The Hall–Kier alpha value is -4.40. The van der Waals surface area contributed by atoms with Crippen LogP contribution in [0.3, 0.4) is 0 Å². The predicted octanol–water partition coefficient (Wildman–Crippen LogP) is -5.11. The second kappa shape index (κ2) is 42.1. The number of hydrogen-bond acceptors (Lipinski definition) is 31. The molecule has 0 spiro atoms. The molecule has 17 N–H and O–H groups in total. The van der Waals surface area contributed by atoms with Crippen LogP contribution in [0.5, 0.6) is 0 Å². The van der Waals surface area contributed by atoms with E-state index in [-0.39, 0.29) is 6.42 Å². The highest BCUT2D eigenvalue weighted by molar-refractivity contribution is 5.76. The van der Waals surface area contributed by atoms with Crippen molar-refractivity contribution in [1.82, 2.24) is 26.6 Å². The summed E-state index contributed by atoms with van der Waals surface area (Å²) in [7, 11) is 1.21. The number of carbonyl (C=O) groups is 6. The molecule has 36 nitrogen and oxygen atoms in total. The predicted molar refractivity (Wildman–Crippen MR) is 344 cm³/mol. The third-order valence-electron chi connectivity index (χ3n) is 18.5. The molecule has 0 aromatic rings. The van der Waals surface area contributed by atoms with Gasteiger partial charge in [0.15, 0.2) is 37.7 Å². The third-order valence-corrected chi connectivity index (χ3v) is 18.5. The lowest BCUT2D eigenvalue weighted by molar-refractivity contribution is -0.368. The molecular weight excluding hydrogens is 1350 g/mol. The summed E-state index contributed by atoms with van der Waals surface area (Å²) in [5.41, 5.74) is 0. The molecule has 6 saturated heterocycles. The lowest BCUT2D eigenvalue weighted by atomic mass is 9.93. The maximum absolute atomic E-state index is 13.6. The van der Waals surface area contributed by atoms with Crippen LogP contribution in [0.15, 0.2) is 12.2 Å². The van der Waals surface area contributed by atoms with Crippen LogP contribution in [-0.4, -0.2) is 321 Å². The monoisotopic (exact) mass is 1460 g/mol. The van der Waals surface area contributed by atoms with Crippen LogP contribution in [0.1, 0.15) is 138 Å². The van der Waals surface area contributed by atoms with Gasteiger partial charge in [-0.1, -0.05) is 70.4 Å². The zero-order valence-electron chi connectivity index (χ0n) is 58.5. The molecule has 582 valence electrons. The number of hydrogen-bond donors (Lipinski definition) is 17. The number of aliphatic hydroxyl groups is 12. The SMILES string of the molecule is CCCCCC/C=C\CCCCCCCCCC(=O)N[C@H]1C(O)[C@H](O)C(COC(C)=O)O[C@H]1O[C@@H]1C(CO)O[C@@H](O[C@@H]2C(CO)O[C@@H](O[C@@H]3C(CO)O[C@@H](O[C@@H]4C(CO[C@@H]5OC(C)[C@@H](O)C(O)[C@H]5OC)O[C@@H](O)[C@@H](NC(C)=O)C4O)[C@@H](NC(C)=O)C3O)[C@@H](NC(C)=O)C2O)[C@@H](NC(C)=O)C1O. The molecule has 6 fully saturated rings. The van der Waals surface area contributed by atoms with Crippen LogP contribution in [0.2, 0.25) is 0 Å². The van der Waals surface area contributed by atoms with Crippen molar-refractivity contribution in [2.75, 3.05) is 40.1 Å². The van der Waals surface area contributed by atoms with E-state index in [2.05, 4.69) is 45.7 Å². The number of esters is 1. The Morgan fingerprint density at radius 2 is 0.782 bits per heavy atom. The Morgan fingerprint density at radius 1 is 0.396 bits per heavy atom. The van der Waals surface area contributed by atoms with Gasteiger partial charge in [0.1, 0.15) is 147 Å². The van der Waals surface area contributed by atoms with Crippen LogP contribution in [0, 0.1) is 0 Å². The lowest BCUT2D eigenvalue weighted by Gasteiger charge is -2.51. The summed E-state index contributed by atoms with van der Waals surface area (Å²) in [6, 6.07) is -8.44. The van der Waals surface area contributed by atoms with E-state index in [1.807, 2.05) is 0 Å². The molecule has 0 aromatic carbocycles. The van der Waals surface area contributed by atoms with E-state index in [9.17, 15) is 90.0 Å². The van der Waals surface area contributed by atoms with Gasteiger partial charge in [-0.15, -0.1) is 0 Å². The van der Waals surface area contributed by atoms with Crippen LogP contribution in [-0.2, 0) is 90.3 Å². The van der Waals surface area contributed by atoms with Crippen molar-refractivity contribution >= 4 is 35.5 Å². The molecule has 5 amide bonds. The molecular formula is C65H111N5O31. The Balaban J connectivity index is 1.17. The summed E-state index contributed by atoms with van der Waals surface area (Å²) in [4.78, 5) is 76.7. The van der Waals surface area contributed by atoms with Crippen molar-refractivity contribution in [3.63, 3.8) is 0 Å². The second-order valence-electron chi connectivity index (χ2n) is 26.5. The topological polar surface area (TPSA) is 525 Å². The van der Waals surface area contributed by atoms with E-state index in [0.29, 0.717) is 6.42 Å². The van der Waals surface area contributed by atoms with Crippen molar-refractivity contribution in [3.05, 3.63) is 12.2 Å². The smallest absolute Gasteiger partial charge is 0.302 e. The number of ether oxygens (including phenoxy) is 13. The fourth-order valence-electron chi connectivity index (χ4n) is 13.2. The maximum Gasteiger partial charge on any atom is 0.302 e. The largest absolute Gasteiger partial charge is 0.463 e. The van der Waals surface area contributed by atoms with E-state index >= 15 is 0 Å². The average molecular weight is 1460 g/mol. The highest BCUT2D eigenvalue weighted by Crippen LogP contribution is 2.37. The molecule has 0 aliphatic carbocycles. The normalized spacial score (nSPS) is 39.0. The molecule has 6 aliphatic rings. The number of carbonyl (C=O) groups excluding carboxylic acids is 6. The zero-order valence-corrected chi connectivity index (χ0v) is 58.5. The summed E-state index contributed by atoms with van der Waals surface area (Å²) in [5.74, 6) is -4.53. The number of rotatable bonds is 37. The van der Waals surface area contributed by atoms with Gasteiger partial charge < -0.3 is 149 Å². The fraction of sp³-hybridized carbons (Fsp3) is 0.877.